The van der Waals surface area contributed by atoms with E-state index in [2.05, 4.69) is 20.1 Å². The maximum Gasteiger partial charge on any atom is 0.410 e. The minimum atomic E-state index is -0.531. The fraction of sp³-hybridized carbons (Fsp3) is 0.652. The van der Waals surface area contributed by atoms with Crippen molar-refractivity contribution in [1.29, 1.82) is 0 Å². The molecule has 1 saturated heterocycles. The van der Waals surface area contributed by atoms with Crippen LogP contribution in [0.3, 0.4) is 0 Å². The average Bonchev–Trinajstić information content (AvgIpc) is 3.18. The lowest BCUT2D eigenvalue weighted by atomic mass is 9.81. The van der Waals surface area contributed by atoms with Crippen LogP contribution in [0.4, 0.5) is 10.5 Å². The van der Waals surface area contributed by atoms with Gasteiger partial charge in [-0.05, 0) is 46.1 Å². The summed E-state index contributed by atoms with van der Waals surface area (Å²) >= 11 is 0. The zero-order valence-corrected chi connectivity index (χ0v) is 19.8. The number of aromatic amines is 1. The number of amides is 1. The molecule has 0 bridgehead atoms. The van der Waals surface area contributed by atoms with Gasteiger partial charge in [0.15, 0.2) is 11.2 Å². The number of anilines is 1. The van der Waals surface area contributed by atoms with Crippen LogP contribution in [0, 0.1) is 0 Å². The van der Waals surface area contributed by atoms with Crippen LogP contribution in [0.15, 0.2) is 10.9 Å². The van der Waals surface area contributed by atoms with E-state index in [0.717, 1.165) is 24.2 Å². The topological polar surface area (TPSA) is 106 Å². The van der Waals surface area contributed by atoms with Gasteiger partial charge in [-0.1, -0.05) is 6.92 Å². The summed E-state index contributed by atoms with van der Waals surface area (Å²) in [6, 6.07) is 0.153. The standard InChI is InChI=1S/C23H32N6O4/c1-5-15-19(20(30)18-21(24-15)26-29(25-18)14-8-12-32-13-9-14)27-10-11-28(17-7-6-16(17)27)22(31)33-23(2,3)4/h8,16-17H,5-7,9-13H2,1-4H3,(H,24,26)/t16-,17-/m0/s1. The van der Waals surface area contributed by atoms with Crippen LogP contribution < -0.4 is 10.3 Å². The lowest BCUT2D eigenvalue weighted by molar-refractivity contribution is -0.00449. The first-order chi connectivity index (χ1) is 15.8. The van der Waals surface area contributed by atoms with Crippen molar-refractivity contribution in [3.8, 4) is 0 Å². The third-order valence-electron chi connectivity index (χ3n) is 6.65. The van der Waals surface area contributed by atoms with Crippen molar-refractivity contribution in [2.45, 2.75) is 71.1 Å². The molecule has 33 heavy (non-hydrogen) atoms. The van der Waals surface area contributed by atoms with Crippen LogP contribution in [0.25, 0.3) is 16.9 Å². The van der Waals surface area contributed by atoms with Crippen LogP contribution in [0.5, 0.6) is 0 Å². The first kappa shape index (κ1) is 21.9. The summed E-state index contributed by atoms with van der Waals surface area (Å²) < 4.78 is 11.0. The van der Waals surface area contributed by atoms with Gasteiger partial charge in [0.25, 0.3) is 0 Å². The second-order valence-electron chi connectivity index (χ2n) is 9.92. The molecule has 0 spiro atoms. The zero-order valence-electron chi connectivity index (χ0n) is 19.8. The Labute approximate surface area is 192 Å². The molecule has 178 valence electrons. The molecule has 0 unspecified atom stereocenters. The van der Waals surface area contributed by atoms with E-state index < -0.39 is 5.60 Å². The minimum Gasteiger partial charge on any atom is -0.444 e. The fourth-order valence-electron chi connectivity index (χ4n) is 4.95. The van der Waals surface area contributed by atoms with Gasteiger partial charge < -0.3 is 24.3 Å². The average molecular weight is 457 g/mol. The number of ether oxygens (including phenoxy) is 2. The summed E-state index contributed by atoms with van der Waals surface area (Å²) in [5, 5.41) is 9.09. The van der Waals surface area contributed by atoms with Gasteiger partial charge >= 0.3 is 6.09 Å². The third kappa shape index (κ3) is 3.90. The molecule has 5 rings (SSSR count). The van der Waals surface area contributed by atoms with Gasteiger partial charge in [-0.25, -0.2) is 4.79 Å². The molecular formula is C23H32N6O4. The Hall–Kier alpha value is -2.88. The van der Waals surface area contributed by atoms with Crippen LogP contribution in [-0.4, -0.2) is 75.0 Å². The van der Waals surface area contributed by atoms with E-state index >= 15 is 0 Å². The molecule has 10 nitrogen and oxygen atoms in total. The van der Waals surface area contributed by atoms with Gasteiger partial charge in [0.05, 0.1) is 25.0 Å². The van der Waals surface area contributed by atoms with Gasteiger partial charge in [0.1, 0.15) is 11.3 Å². The van der Waals surface area contributed by atoms with Gasteiger partial charge in [0, 0.05) is 31.2 Å². The summed E-state index contributed by atoms with van der Waals surface area (Å²) in [7, 11) is 0. The van der Waals surface area contributed by atoms with E-state index in [0.29, 0.717) is 56.0 Å². The molecule has 2 aromatic heterocycles. The highest BCUT2D eigenvalue weighted by atomic mass is 16.6. The number of nitrogens with zero attached hydrogens (tertiary/aromatic N) is 5. The smallest absolute Gasteiger partial charge is 0.410 e. The number of rotatable bonds is 3. The first-order valence-electron chi connectivity index (χ1n) is 11.8. The Bertz CT molecular complexity index is 1160. The normalized spacial score (nSPS) is 23.2. The molecule has 1 N–H and O–H groups in total. The quantitative estimate of drug-likeness (QED) is 0.757. The highest BCUT2D eigenvalue weighted by Gasteiger charge is 2.47. The van der Waals surface area contributed by atoms with E-state index in [-0.39, 0.29) is 23.6 Å². The van der Waals surface area contributed by atoms with Crippen molar-refractivity contribution in [2.24, 2.45) is 0 Å². The lowest BCUT2D eigenvalue weighted by Crippen LogP contribution is -2.67. The molecule has 1 aliphatic carbocycles. The number of aromatic nitrogens is 4. The Kier molecular flexibility index (Phi) is 5.43. The molecule has 2 aliphatic heterocycles. The Balaban J connectivity index is 1.47. The number of fused-ring (bicyclic) bond motifs is 2. The van der Waals surface area contributed by atoms with E-state index in [1.54, 1.807) is 4.80 Å². The summed E-state index contributed by atoms with van der Waals surface area (Å²) in [6.45, 7) is 9.92. The first-order valence-corrected chi connectivity index (χ1v) is 11.8. The molecular weight excluding hydrogens is 424 g/mol. The van der Waals surface area contributed by atoms with Crippen molar-refractivity contribution in [2.75, 3.05) is 31.2 Å². The number of H-pyrrole nitrogens is 1. The number of hydrogen-bond donors (Lipinski definition) is 1. The van der Waals surface area contributed by atoms with Crippen LogP contribution in [0.1, 0.15) is 52.7 Å². The zero-order chi connectivity index (χ0) is 23.3. The predicted molar refractivity (Wildman–Crippen MR) is 124 cm³/mol. The summed E-state index contributed by atoms with van der Waals surface area (Å²) in [6.07, 6.45) is 4.90. The van der Waals surface area contributed by atoms with Gasteiger partial charge in [0.2, 0.25) is 5.43 Å². The molecule has 2 atom stereocenters. The second-order valence-corrected chi connectivity index (χ2v) is 9.92. The van der Waals surface area contributed by atoms with Crippen molar-refractivity contribution in [1.82, 2.24) is 24.9 Å². The number of carbonyl (C=O) groups excluding carboxylic acids is 1. The van der Waals surface area contributed by atoms with Crippen LogP contribution in [-0.2, 0) is 15.9 Å². The molecule has 3 aliphatic rings. The summed E-state index contributed by atoms with van der Waals surface area (Å²) in [5.74, 6) is 0. The SMILES string of the molecule is CCc1[nH]c2nn(C3=CCOCC3)nc2c(=O)c1N1CCN(C(=O)OC(C)(C)C)[C@H]2CC[C@@H]21. The van der Waals surface area contributed by atoms with E-state index in [4.69, 9.17) is 9.47 Å². The molecule has 2 aromatic rings. The largest absolute Gasteiger partial charge is 0.444 e. The Morgan fingerprint density at radius 3 is 2.67 bits per heavy atom. The van der Waals surface area contributed by atoms with Gasteiger partial charge in [-0.2, -0.15) is 4.80 Å². The molecule has 0 aromatic carbocycles. The van der Waals surface area contributed by atoms with Gasteiger partial charge in [-0.15, -0.1) is 10.2 Å². The number of hydrogen-bond acceptors (Lipinski definition) is 7. The minimum absolute atomic E-state index is 0.0523. The fourth-order valence-corrected chi connectivity index (χ4v) is 4.95. The molecule has 0 radical (unpaired) electrons. The molecule has 1 saturated carbocycles. The second kappa shape index (κ2) is 8.16. The third-order valence-corrected chi connectivity index (χ3v) is 6.65. The van der Waals surface area contributed by atoms with E-state index in [9.17, 15) is 9.59 Å². The summed E-state index contributed by atoms with van der Waals surface area (Å²) in [5.41, 5.74) is 2.68. The lowest BCUT2D eigenvalue weighted by Gasteiger charge is -2.54. The van der Waals surface area contributed by atoms with E-state index in [1.165, 1.54) is 0 Å². The van der Waals surface area contributed by atoms with Crippen molar-refractivity contribution >= 4 is 28.6 Å². The van der Waals surface area contributed by atoms with Crippen molar-refractivity contribution in [3.05, 3.63) is 22.0 Å². The van der Waals surface area contributed by atoms with E-state index in [1.807, 2.05) is 38.7 Å². The number of piperazine rings is 1. The Morgan fingerprint density at radius 1 is 1.24 bits per heavy atom. The van der Waals surface area contributed by atoms with Crippen LogP contribution in [0.2, 0.25) is 0 Å². The number of aryl methyl sites for hydroxylation is 1. The highest BCUT2D eigenvalue weighted by Crippen LogP contribution is 2.37. The van der Waals surface area contributed by atoms with Crippen molar-refractivity contribution < 1.29 is 14.3 Å². The number of pyridine rings is 1. The molecule has 1 amide bonds. The molecule has 4 heterocycles. The number of nitrogens with one attached hydrogen (secondary N) is 1. The van der Waals surface area contributed by atoms with Crippen LogP contribution >= 0.6 is 0 Å². The maximum absolute atomic E-state index is 13.7. The van der Waals surface area contributed by atoms with Gasteiger partial charge in [-0.3, -0.25) is 4.79 Å². The maximum atomic E-state index is 13.7. The summed E-state index contributed by atoms with van der Waals surface area (Å²) in [4.78, 5) is 35.3. The highest BCUT2D eigenvalue weighted by molar-refractivity contribution is 5.77. The molecule has 10 heteroatoms. The molecule has 2 fully saturated rings. The predicted octanol–water partition coefficient (Wildman–Crippen LogP) is 2.53. The number of carbonyl (C=O) groups is 1. The Morgan fingerprint density at radius 2 is 2.03 bits per heavy atom. The van der Waals surface area contributed by atoms with Crippen molar-refractivity contribution in [3.63, 3.8) is 0 Å². The monoisotopic (exact) mass is 456 g/mol.